The van der Waals surface area contributed by atoms with Crippen LogP contribution in [0, 0.1) is 5.92 Å². The smallest absolute Gasteiger partial charge is 0.317 e. The molecule has 6 nitrogen and oxygen atoms in total. The van der Waals surface area contributed by atoms with E-state index >= 15 is 0 Å². The molecule has 1 aromatic heterocycles. The van der Waals surface area contributed by atoms with Gasteiger partial charge in [-0.3, -0.25) is 10.1 Å². The van der Waals surface area contributed by atoms with Crippen molar-refractivity contribution in [2.24, 2.45) is 5.92 Å². The number of urea groups is 1. The highest BCUT2D eigenvalue weighted by Crippen LogP contribution is 2.26. The van der Waals surface area contributed by atoms with E-state index in [0.29, 0.717) is 23.2 Å². The molecule has 0 saturated carbocycles. The number of hydrogen-bond acceptors (Lipinski definition) is 4. The topological polar surface area (TPSA) is 74.3 Å². The number of fused-ring (bicyclic) bond motifs is 1. The molecule has 156 valence electrons. The average Bonchev–Trinajstić information content (AvgIpc) is 3.17. The van der Waals surface area contributed by atoms with Gasteiger partial charge in [-0.1, -0.05) is 35.6 Å². The van der Waals surface area contributed by atoms with E-state index in [0.717, 1.165) is 42.6 Å². The van der Waals surface area contributed by atoms with E-state index in [9.17, 15) is 9.59 Å². The summed E-state index contributed by atoms with van der Waals surface area (Å²) in [5.74, 6) is 0.425. The van der Waals surface area contributed by atoms with Gasteiger partial charge < -0.3 is 10.2 Å². The van der Waals surface area contributed by atoms with Gasteiger partial charge in [0, 0.05) is 25.2 Å². The first-order valence-electron chi connectivity index (χ1n) is 10.4. The summed E-state index contributed by atoms with van der Waals surface area (Å²) in [5.41, 5.74) is 2.75. The van der Waals surface area contributed by atoms with Crippen LogP contribution in [0.15, 0.2) is 48.5 Å². The van der Waals surface area contributed by atoms with Crippen molar-refractivity contribution in [2.45, 2.75) is 26.2 Å². The van der Waals surface area contributed by atoms with Gasteiger partial charge in [-0.25, -0.2) is 9.78 Å². The van der Waals surface area contributed by atoms with Gasteiger partial charge >= 0.3 is 6.03 Å². The number of carbonyl (C=O) groups is 2. The van der Waals surface area contributed by atoms with Crippen LogP contribution in [0.2, 0.25) is 0 Å². The van der Waals surface area contributed by atoms with Crippen LogP contribution in [0.1, 0.15) is 35.7 Å². The molecular weight excluding hydrogens is 396 g/mol. The predicted octanol–water partition coefficient (Wildman–Crippen LogP) is 4.53. The van der Waals surface area contributed by atoms with Crippen molar-refractivity contribution in [2.75, 3.05) is 25.0 Å². The van der Waals surface area contributed by atoms with Gasteiger partial charge in [-0.05, 0) is 61.9 Å². The van der Waals surface area contributed by atoms with E-state index in [4.69, 9.17) is 0 Å². The SMILES string of the molecule is CCNC(=O)N1CCC(Cc2ccc(C(=O)Nc3nc4ccccc4s3)cc2)CC1. The quantitative estimate of drug-likeness (QED) is 0.634. The van der Waals surface area contributed by atoms with E-state index in [-0.39, 0.29) is 11.9 Å². The molecule has 0 unspecified atom stereocenters. The zero-order valence-electron chi connectivity index (χ0n) is 17.1. The molecule has 2 N–H and O–H groups in total. The van der Waals surface area contributed by atoms with Crippen LogP contribution >= 0.6 is 11.3 Å². The number of thiazole rings is 1. The zero-order valence-corrected chi connectivity index (χ0v) is 17.9. The molecule has 1 saturated heterocycles. The third-order valence-corrected chi connectivity index (χ3v) is 6.44. The number of amides is 3. The molecule has 1 fully saturated rings. The Morgan fingerprint density at radius 3 is 2.53 bits per heavy atom. The average molecular weight is 423 g/mol. The van der Waals surface area contributed by atoms with Crippen molar-refractivity contribution >= 4 is 38.6 Å². The fourth-order valence-corrected chi connectivity index (χ4v) is 4.68. The molecule has 0 bridgehead atoms. The molecule has 0 atom stereocenters. The lowest BCUT2D eigenvalue weighted by molar-refractivity contribution is 0.102. The van der Waals surface area contributed by atoms with Crippen molar-refractivity contribution in [3.63, 3.8) is 0 Å². The fraction of sp³-hybridized carbons (Fsp3) is 0.348. The van der Waals surface area contributed by atoms with Crippen LogP contribution in [0.5, 0.6) is 0 Å². The van der Waals surface area contributed by atoms with Crippen LogP contribution in [0.25, 0.3) is 10.2 Å². The summed E-state index contributed by atoms with van der Waals surface area (Å²) in [7, 11) is 0. The van der Waals surface area contributed by atoms with Crippen molar-refractivity contribution < 1.29 is 9.59 Å². The Morgan fingerprint density at radius 2 is 1.83 bits per heavy atom. The van der Waals surface area contributed by atoms with Crippen LogP contribution in [0.3, 0.4) is 0 Å². The predicted molar refractivity (Wildman–Crippen MR) is 121 cm³/mol. The van der Waals surface area contributed by atoms with E-state index in [1.54, 1.807) is 0 Å². The fourth-order valence-electron chi connectivity index (χ4n) is 3.82. The number of anilines is 1. The first-order chi connectivity index (χ1) is 14.6. The number of rotatable bonds is 5. The van der Waals surface area contributed by atoms with Crippen LogP contribution in [-0.2, 0) is 6.42 Å². The minimum absolute atomic E-state index is 0.0411. The summed E-state index contributed by atoms with van der Waals surface area (Å²) in [6.07, 6.45) is 3.00. The Kier molecular flexibility index (Phi) is 6.28. The van der Waals surface area contributed by atoms with Gasteiger partial charge in [-0.2, -0.15) is 0 Å². The largest absolute Gasteiger partial charge is 0.338 e. The number of benzene rings is 2. The van der Waals surface area contributed by atoms with Crippen molar-refractivity contribution in [1.82, 2.24) is 15.2 Å². The molecule has 1 aliphatic rings. The summed E-state index contributed by atoms with van der Waals surface area (Å²) in [4.78, 5) is 30.8. The maximum Gasteiger partial charge on any atom is 0.317 e. The van der Waals surface area contributed by atoms with Gasteiger partial charge in [0.15, 0.2) is 5.13 Å². The molecule has 2 heterocycles. The Bertz CT molecular complexity index is 990. The molecule has 3 amide bonds. The van der Waals surface area contributed by atoms with E-state index in [1.807, 2.05) is 60.4 Å². The Labute approximate surface area is 180 Å². The first kappa shape index (κ1) is 20.3. The minimum Gasteiger partial charge on any atom is -0.338 e. The number of aromatic nitrogens is 1. The Morgan fingerprint density at radius 1 is 1.10 bits per heavy atom. The van der Waals surface area contributed by atoms with Gasteiger partial charge in [0.25, 0.3) is 5.91 Å². The first-order valence-corrected chi connectivity index (χ1v) is 11.2. The second-order valence-electron chi connectivity index (χ2n) is 7.61. The van der Waals surface area contributed by atoms with Gasteiger partial charge in [0.1, 0.15) is 0 Å². The normalized spacial score (nSPS) is 14.6. The lowest BCUT2D eigenvalue weighted by Gasteiger charge is -2.32. The lowest BCUT2D eigenvalue weighted by atomic mass is 9.90. The molecule has 2 aromatic carbocycles. The van der Waals surface area contributed by atoms with Crippen molar-refractivity contribution in [3.05, 3.63) is 59.7 Å². The monoisotopic (exact) mass is 422 g/mol. The van der Waals surface area contributed by atoms with Crippen LogP contribution in [0.4, 0.5) is 9.93 Å². The van der Waals surface area contributed by atoms with Crippen molar-refractivity contribution in [1.29, 1.82) is 0 Å². The van der Waals surface area contributed by atoms with Crippen LogP contribution in [-0.4, -0.2) is 41.5 Å². The summed E-state index contributed by atoms with van der Waals surface area (Å²) in [5, 5.41) is 6.38. The maximum atomic E-state index is 12.6. The highest BCUT2D eigenvalue weighted by atomic mass is 32.1. The summed E-state index contributed by atoms with van der Waals surface area (Å²) in [6, 6.07) is 15.7. The molecule has 3 aromatic rings. The number of nitrogens with zero attached hydrogens (tertiary/aromatic N) is 2. The molecule has 0 radical (unpaired) electrons. The molecule has 7 heteroatoms. The lowest BCUT2D eigenvalue weighted by Crippen LogP contribution is -2.44. The molecule has 0 spiro atoms. The van der Waals surface area contributed by atoms with Gasteiger partial charge in [0.2, 0.25) is 0 Å². The highest BCUT2D eigenvalue weighted by Gasteiger charge is 2.22. The van der Waals surface area contributed by atoms with Crippen molar-refractivity contribution in [3.8, 4) is 0 Å². The van der Waals surface area contributed by atoms with Crippen LogP contribution < -0.4 is 10.6 Å². The molecular formula is C23H26N4O2S. The second kappa shape index (κ2) is 9.26. The van der Waals surface area contributed by atoms with Gasteiger partial charge in [0.05, 0.1) is 10.2 Å². The number of para-hydroxylation sites is 1. The zero-order chi connectivity index (χ0) is 20.9. The molecule has 4 rings (SSSR count). The Balaban J connectivity index is 1.30. The third-order valence-electron chi connectivity index (χ3n) is 5.48. The summed E-state index contributed by atoms with van der Waals surface area (Å²) in [6.45, 7) is 4.21. The molecule has 0 aliphatic carbocycles. The number of likely N-dealkylation sites (tertiary alicyclic amines) is 1. The third kappa shape index (κ3) is 4.79. The minimum atomic E-state index is -0.143. The van der Waals surface area contributed by atoms with Gasteiger partial charge in [-0.15, -0.1) is 0 Å². The van der Waals surface area contributed by atoms with E-state index < -0.39 is 0 Å². The van der Waals surface area contributed by atoms with E-state index in [2.05, 4.69) is 15.6 Å². The Hall–Kier alpha value is -2.93. The number of hydrogen-bond donors (Lipinski definition) is 2. The summed E-state index contributed by atoms with van der Waals surface area (Å²) < 4.78 is 1.06. The summed E-state index contributed by atoms with van der Waals surface area (Å²) >= 11 is 1.48. The molecule has 30 heavy (non-hydrogen) atoms. The van der Waals surface area contributed by atoms with E-state index in [1.165, 1.54) is 16.9 Å². The number of nitrogens with one attached hydrogen (secondary N) is 2. The molecule has 1 aliphatic heterocycles. The highest BCUT2D eigenvalue weighted by molar-refractivity contribution is 7.22. The standard InChI is InChI=1S/C23H26N4O2S/c1-2-24-23(29)27-13-11-17(12-14-27)15-16-7-9-18(10-8-16)21(28)26-22-25-19-5-3-4-6-20(19)30-22/h3-10,17H,2,11-15H2,1H3,(H,24,29)(H,25,26,28). The maximum absolute atomic E-state index is 12.6. The number of carbonyl (C=O) groups excluding carboxylic acids is 2. The second-order valence-corrected chi connectivity index (χ2v) is 8.64. The number of piperidine rings is 1.